The van der Waals surface area contributed by atoms with Crippen LogP contribution < -0.4 is 4.90 Å². The van der Waals surface area contributed by atoms with Gasteiger partial charge < -0.3 is 10.0 Å². The molecule has 0 bridgehead atoms. The summed E-state index contributed by atoms with van der Waals surface area (Å²) in [5.41, 5.74) is -0.116. The molecule has 2 unspecified atom stereocenters. The summed E-state index contributed by atoms with van der Waals surface area (Å²) in [6, 6.07) is 1.31. The minimum absolute atomic E-state index is 0.116. The van der Waals surface area contributed by atoms with Crippen molar-refractivity contribution in [1.82, 2.24) is 4.98 Å². The average Bonchev–Trinajstić information content (AvgIpc) is 2.78. The van der Waals surface area contributed by atoms with Gasteiger partial charge in [-0.2, -0.15) is 0 Å². The first kappa shape index (κ1) is 13.0. The molecule has 0 aromatic carbocycles. The average molecular weight is 272 g/mol. The molecular formula is C11H14ClN3O3. The topological polar surface area (TPSA) is 79.5 Å². The van der Waals surface area contributed by atoms with Crippen LogP contribution in [0.25, 0.3) is 0 Å². The van der Waals surface area contributed by atoms with Crippen LogP contribution in [0.3, 0.4) is 0 Å². The smallest absolute Gasteiger partial charge is 0.289 e. The van der Waals surface area contributed by atoms with Crippen LogP contribution in [0.2, 0.25) is 5.02 Å². The van der Waals surface area contributed by atoms with Gasteiger partial charge in [-0.05, 0) is 13.3 Å². The number of pyridine rings is 1. The van der Waals surface area contributed by atoms with Crippen LogP contribution in [0.1, 0.15) is 13.3 Å². The van der Waals surface area contributed by atoms with Crippen molar-refractivity contribution in [3.63, 3.8) is 0 Å². The summed E-state index contributed by atoms with van der Waals surface area (Å²) in [6.45, 7) is 3.18. The third-order valence-corrected chi connectivity index (χ3v) is 3.50. The Morgan fingerprint density at radius 1 is 1.72 bits per heavy atom. The van der Waals surface area contributed by atoms with Crippen LogP contribution in [0.4, 0.5) is 11.5 Å². The van der Waals surface area contributed by atoms with E-state index in [2.05, 4.69) is 4.98 Å². The van der Waals surface area contributed by atoms with E-state index in [1.807, 2.05) is 4.90 Å². The Hall–Kier alpha value is -1.40. The predicted molar refractivity (Wildman–Crippen MR) is 67.9 cm³/mol. The Labute approximate surface area is 109 Å². The van der Waals surface area contributed by atoms with Crippen molar-refractivity contribution in [1.29, 1.82) is 0 Å². The summed E-state index contributed by atoms with van der Waals surface area (Å²) in [5.74, 6) is 0.739. The first-order chi connectivity index (χ1) is 8.49. The lowest BCUT2D eigenvalue weighted by Gasteiger charge is -2.19. The molecule has 2 rings (SSSR count). The molecule has 18 heavy (non-hydrogen) atoms. The van der Waals surface area contributed by atoms with E-state index in [0.717, 1.165) is 13.0 Å². The van der Waals surface area contributed by atoms with E-state index in [4.69, 9.17) is 11.6 Å². The second-order valence-electron chi connectivity index (χ2n) is 4.49. The number of rotatable bonds is 3. The molecule has 2 heterocycles. The number of nitro groups is 1. The molecule has 1 aromatic rings. The van der Waals surface area contributed by atoms with Crippen LogP contribution in [-0.4, -0.2) is 34.2 Å². The van der Waals surface area contributed by atoms with E-state index < -0.39 is 4.92 Å². The van der Waals surface area contributed by atoms with E-state index in [0.29, 0.717) is 12.4 Å². The third-order valence-electron chi connectivity index (χ3n) is 3.22. The SMILES string of the molecule is CC(O)C1CCN(c2ncc([N+](=O)[O-])cc2Cl)C1. The molecule has 6 nitrogen and oxygen atoms in total. The van der Waals surface area contributed by atoms with E-state index in [9.17, 15) is 15.2 Å². The summed E-state index contributed by atoms with van der Waals surface area (Å²) in [7, 11) is 0. The Morgan fingerprint density at radius 3 is 2.94 bits per heavy atom. The van der Waals surface area contributed by atoms with Gasteiger partial charge in [0.2, 0.25) is 0 Å². The van der Waals surface area contributed by atoms with E-state index in [1.54, 1.807) is 6.92 Å². The Morgan fingerprint density at radius 2 is 2.44 bits per heavy atom. The molecule has 1 N–H and O–H groups in total. The Kier molecular flexibility index (Phi) is 3.68. The number of anilines is 1. The highest BCUT2D eigenvalue weighted by Gasteiger charge is 2.28. The van der Waals surface area contributed by atoms with Crippen molar-refractivity contribution >= 4 is 23.1 Å². The highest BCUT2D eigenvalue weighted by Crippen LogP contribution is 2.31. The van der Waals surface area contributed by atoms with E-state index in [1.165, 1.54) is 12.3 Å². The molecule has 7 heteroatoms. The molecule has 98 valence electrons. The van der Waals surface area contributed by atoms with Crippen LogP contribution in [0.5, 0.6) is 0 Å². The lowest BCUT2D eigenvalue weighted by atomic mass is 10.0. The number of hydrogen-bond donors (Lipinski definition) is 1. The number of nitrogens with zero attached hydrogens (tertiary/aromatic N) is 3. The zero-order valence-electron chi connectivity index (χ0n) is 9.91. The quantitative estimate of drug-likeness (QED) is 0.670. The third kappa shape index (κ3) is 2.54. The van der Waals surface area contributed by atoms with Crippen LogP contribution in [-0.2, 0) is 0 Å². The van der Waals surface area contributed by atoms with Gasteiger partial charge in [-0.1, -0.05) is 11.6 Å². The van der Waals surface area contributed by atoms with Crippen molar-refractivity contribution < 1.29 is 10.0 Å². The fourth-order valence-electron chi connectivity index (χ4n) is 2.13. The van der Waals surface area contributed by atoms with Gasteiger partial charge in [0.25, 0.3) is 5.69 Å². The molecule has 2 atom stereocenters. The first-order valence-electron chi connectivity index (χ1n) is 5.72. The van der Waals surface area contributed by atoms with Crippen molar-refractivity contribution in [2.75, 3.05) is 18.0 Å². The second kappa shape index (κ2) is 5.07. The fraction of sp³-hybridized carbons (Fsp3) is 0.545. The highest BCUT2D eigenvalue weighted by atomic mass is 35.5. The van der Waals surface area contributed by atoms with Crippen molar-refractivity contribution in [3.05, 3.63) is 27.4 Å². The van der Waals surface area contributed by atoms with Crippen molar-refractivity contribution in [2.24, 2.45) is 5.92 Å². The molecule has 1 fully saturated rings. The van der Waals surface area contributed by atoms with Crippen LogP contribution in [0, 0.1) is 16.0 Å². The fourth-order valence-corrected chi connectivity index (χ4v) is 2.41. The first-order valence-corrected chi connectivity index (χ1v) is 6.09. The normalized spacial score (nSPS) is 21.1. The summed E-state index contributed by atoms with van der Waals surface area (Å²) in [4.78, 5) is 16.1. The van der Waals surface area contributed by atoms with Crippen molar-refractivity contribution in [2.45, 2.75) is 19.4 Å². The monoisotopic (exact) mass is 271 g/mol. The predicted octanol–water partition coefficient (Wildman–Crippen LogP) is 1.85. The zero-order valence-corrected chi connectivity index (χ0v) is 10.7. The number of aliphatic hydroxyl groups excluding tert-OH is 1. The summed E-state index contributed by atoms with van der Waals surface area (Å²) in [6.07, 6.45) is 1.70. The van der Waals surface area contributed by atoms with Gasteiger partial charge in [0.15, 0.2) is 0 Å². The largest absolute Gasteiger partial charge is 0.393 e. The summed E-state index contributed by atoms with van der Waals surface area (Å²) < 4.78 is 0. The summed E-state index contributed by atoms with van der Waals surface area (Å²) in [5, 5.41) is 20.4. The number of aliphatic hydroxyl groups is 1. The number of halogens is 1. The molecule has 0 aliphatic carbocycles. The minimum atomic E-state index is -0.523. The Balaban J connectivity index is 2.18. The van der Waals surface area contributed by atoms with Crippen LogP contribution >= 0.6 is 11.6 Å². The van der Waals surface area contributed by atoms with E-state index >= 15 is 0 Å². The molecule has 1 saturated heterocycles. The molecule has 1 aliphatic rings. The summed E-state index contributed by atoms with van der Waals surface area (Å²) >= 11 is 6.01. The van der Waals surface area contributed by atoms with Crippen molar-refractivity contribution in [3.8, 4) is 0 Å². The second-order valence-corrected chi connectivity index (χ2v) is 4.90. The standard InChI is InChI=1S/C11H14ClN3O3/c1-7(16)8-2-3-14(6-8)11-10(12)4-9(5-13-11)15(17)18/h4-5,7-8,16H,2-3,6H2,1H3. The van der Waals surface area contributed by atoms with Gasteiger partial charge in [-0.3, -0.25) is 10.1 Å². The van der Waals surface area contributed by atoms with Crippen LogP contribution in [0.15, 0.2) is 12.3 Å². The van der Waals surface area contributed by atoms with Gasteiger partial charge in [0.05, 0.1) is 16.0 Å². The molecule has 0 saturated carbocycles. The lowest BCUT2D eigenvalue weighted by Crippen LogP contribution is -2.24. The molecule has 0 radical (unpaired) electrons. The number of aromatic nitrogens is 1. The van der Waals surface area contributed by atoms with Gasteiger partial charge in [-0.15, -0.1) is 0 Å². The lowest BCUT2D eigenvalue weighted by molar-refractivity contribution is -0.385. The Bertz CT molecular complexity index is 467. The maximum absolute atomic E-state index is 10.6. The number of hydrogen-bond acceptors (Lipinski definition) is 5. The molecule has 0 amide bonds. The maximum atomic E-state index is 10.6. The van der Waals surface area contributed by atoms with E-state index in [-0.39, 0.29) is 22.7 Å². The van der Waals surface area contributed by atoms with Gasteiger partial charge >= 0.3 is 0 Å². The molecular weight excluding hydrogens is 258 g/mol. The zero-order chi connectivity index (χ0) is 13.3. The van der Waals surface area contributed by atoms with Gasteiger partial charge in [-0.25, -0.2) is 4.98 Å². The van der Waals surface area contributed by atoms with Gasteiger partial charge in [0.1, 0.15) is 12.0 Å². The maximum Gasteiger partial charge on any atom is 0.289 e. The highest BCUT2D eigenvalue weighted by molar-refractivity contribution is 6.33. The minimum Gasteiger partial charge on any atom is -0.393 e. The molecule has 0 spiro atoms. The molecule has 1 aliphatic heterocycles. The van der Waals surface area contributed by atoms with Gasteiger partial charge in [0, 0.05) is 25.1 Å². The molecule has 1 aromatic heterocycles.